The van der Waals surface area contributed by atoms with E-state index < -0.39 is 0 Å². The number of hydrogen-bond acceptors (Lipinski definition) is 2. The van der Waals surface area contributed by atoms with Crippen molar-refractivity contribution >= 4 is 29.1 Å². The van der Waals surface area contributed by atoms with E-state index in [4.69, 9.17) is 11.6 Å². The minimum absolute atomic E-state index is 0.0000645. The predicted octanol–water partition coefficient (Wildman–Crippen LogP) is 4.92. The monoisotopic (exact) mass is 370 g/mol. The largest absolute Gasteiger partial charge is 0.339 e. The van der Waals surface area contributed by atoms with Crippen LogP contribution in [0.5, 0.6) is 0 Å². The number of carbonyl (C=O) groups excluding carboxylic acids is 2. The first-order chi connectivity index (χ1) is 12.5. The minimum atomic E-state index is -0.254. The molecule has 0 saturated carbocycles. The van der Waals surface area contributed by atoms with Crippen LogP contribution in [0.15, 0.2) is 42.5 Å². The molecule has 1 aliphatic heterocycles. The van der Waals surface area contributed by atoms with Crippen LogP contribution in [0.25, 0.3) is 0 Å². The number of aryl methyl sites for hydroxylation is 1. The van der Waals surface area contributed by atoms with Crippen molar-refractivity contribution in [2.75, 3.05) is 18.4 Å². The summed E-state index contributed by atoms with van der Waals surface area (Å²) in [5.41, 5.74) is 2.61. The standard InChI is InChI=1S/C21H23ClN2O2/c1-15-9-10-18(14-19(15)22)23-20(25)16-7-6-8-17(13-16)21(26)24-11-4-2-3-5-12-24/h6-10,13-14H,2-5,11-12H2,1H3,(H,23,25). The molecule has 26 heavy (non-hydrogen) atoms. The number of nitrogens with one attached hydrogen (secondary N) is 1. The Labute approximate surface area is 159 Å². The van der Waals surface area contributed by atoms with Gasteiger partial charge in [-0.1, -0.05) is 36.6 Å². The van der Waals surface area contributed by atoms with Gasteiger partial charge in [0.1, 0.15) is 0 Å². The topological polar surface area (TPSA) is 49.4 Å². The van der Waals surface area contributed by atoms with Gasteiger partial charge in [0, 0.05) is 34.9 Å². The molecule has 0 bridgehead atoms. The van der Waals surface area contributed by atoms with Crippen LogP contribution in [-0.4, -0.2) is 29.8 Å². The molecule has 3 rings (SSSR count). The van der Waals surface area contributed by atoms with Crippen LogP contribution in [0.2, 0.25) is 5.02 Å². The fourth-order valence-corrected chi connectivity index (χ4v) is 3.30. The van der Waals surface area contributed by atoms with Gasteiger partial charge in [0.2, 0.25) is 0 Å². The van der Waals surface area contributed by atoms with Gasteiger partial charge in [-0.05, 0) is 55.7 Å². The van der Waals surface area contributed by atoms with Crippen molar-refractivity contribution < 1.29 is 9.59 Å². The van der Waals surface area contributed by atoms with Gasteiger partial charge in [0.15, 0.2) is 0 Å². The summed E-state index contributed by atoms with van der Waals surface area (Å²) in [5.74, 6) is -0.254. The van der Waals surface area contributed by atoms with Crippen LogP contribution in [0, 0.1) is 6.92 Å². The number of carbonyl (C=O) groups is 2. The van der Waals surface area contributed by atoms with Crippen molar-refractivity contribution in [1.29, 1.82) is 0 Å². The summed E-state index contributed by atoms with van der Waals surface area (Å²) in [7, 11) is 0. The third-order valence-corrected chi connectivity index (χ3v) is 5.10. The molecule has 0 unspecified atom stereocenters. The molecule has 5 heteroatoms. The van der Waals surface area contributed by atoms with Crippen molar-refractivity contribution in [3.05, 3.63) is 64.2 Å². The molecule has 2 aromatic rings. The summed E-state index contributed by atoms with van der Waals surface area (Å²) in [4.78, 5) is 27.2. The van der Waals surface area contributed by atoms with E-state index in [0.29, 0.717) is 21.8 Å². The molecule has 2 amide bonds. The molecule has 1 heterocycles. The molecular formula is C21H23ClN2O2. The molecule has 0 radical (unpaired) electrons. The first-order valence-corrected chi connectivity index (χ1v) is 9.39. The lowest BCUT2D eigenvalue weighted by molar-refractivity contribution is 0.0761. The van der Waals surface area contributed by atoms with Gasteiger partial charge in [-0.3, -0.25) is 9.59 Å². The predicted molar refractivity (Wildman–Crippen MR) is 105 cm³/mol. The Bertz CT molecular complexity index is 811. The summed E-state index contributed by atoms with van der Waals surface area (Å²) in [6.07, 6.45) is 4.43. The zero-order chi connectivity index (χ0) is 18.5. The maximum atomic E-state index is 12.7. The Morgan fingerprint density at radius 1 is 0.962 bits per heavy atom. The van der Waals surface area contributed by atoms with Crippen LogP contribution < -0.4 is 5.32 Å². The smallest absolute Gasteiger partial charge is 0.255 e. The Morgan fingerprint density at radius 3 is 2.35 bits per heavy atom. The third-order valence-electron chi connectivity index (χ3n) is 4.69. The van der Waals surface area contributed by atoms with E-state index in [0.717, 1.165) is 31.5 Å². The number of halogens is 1. The van der Waals surface area contributed by atoms with E-state index in [9.17, 15) is 9.59 Å². The fraction of sp³-hybridized carbons (Fsp3) is 0.333. The molecule has 4 nitrogen and oxygen atoms in total. The van der Waals surface area contributed by atoms with Gasteiger partial charge < -0.3 is 10.2 Å². The van der Waals surface area contributed by atoms with E-state index >= 15 is 0 Å². The average molecular weight is 371 g/mol. The Hall–Kier alpha value is -2.33. The first kappa shape index (κ1) is 18.5. The number of amides is 2. The maximum absolute atomic E-state index is 12.7. The number of anilines is 1. The zero-order valence-electron chi connectivity index (χ0n) is 14.9. The molecule has 1 aliphatic rings. The minimum Gasteiger partial charge on any atom is -0.339 e. The number of nitrogens with zero attached hydrogens (tertiary/aromatic N) is 1. The summed E-state index contributed by atoms with van der Waals surface area (Å²) >= 11 is 6.11. The Morgan fingerprint density at radius 2 is 1.65 bits per heavy atom. The van der Waals surface area contributed by atoms with E-state index in [2.05, 4.69) is 5.32 Å². The zero-order valence-corrected chi connectivity index (χ0v) is 15.7. The number of hydrogen-bond donors (Lipinski definition) is 1. The van der Waals surface area contributed by atoms with E-state index in [-0.39, 0.29) is 11.8 Å². The third kappa shape index (κ3) is 4.44. The van der Waals surface area contributed by atoms with Crippen molar-refractivity contribution in [1.82, 2.24) is 4.90 Å². The second-order valence-corrected chi connectivity index (χ2v) is 7.11. The molecule has 1 saturated heterocycles. The molecule has 136 valence electrons. The van der Waals surface area contributed by atoms with Crippen molar-refractivity contribution in [3.8, 4) is 0 Å². The fourth-order valence-electron chi connectivity index (χ4n) is 3.12. The SMILES string of the molecule is Cc1ccc(NC(=O)c2cccc(C(=O)N3CCCCCC3)c2)cc1Cl. The van der Waals surface area contributed by atoms with Crippen molar-refractivity contribution in [3.63, 3.8) is 0 Å². The normalized spacial score (nSPS) is 14.6. The number of rotatable bonds is 3. The van der Waals surface area contributed by atoms with Crippen LogP contribution in [0.3, 0.4) is 0 Å². The highest BCUT2D eigenvalue weighted by Gasteiger charge is 2.18. The molecule has 2 aromatic carbocycles. The van der Waals surface area contributed by atoms with E-state index in [1.54, 1.807) is 30.3 Å². The second-order valence-electron chi connectivity index (χ2n) is 6.71. The number of benzene rings is 2. The highest BCUT2D eigenvalue weighted by atomic mass is 35.5. The second kappa shape index (κ2) is 8.37. The highest BCUT2D eigenvalue weighted by molar-refractivity contribution is 6.31. The highest BCUT2D eigenvalue weighted by Crippen LogP contribution is 2.21. The van der Waals surface area contributed by atoms with Crippen LogP contribution >= 0.6 is 11.6 Å². The molecule has 0 spiro atoms. The van der Waals surface area contributed by atoms with Gasteiger partial charge in [-0.2, -0.15) is 0 Å². The number of likely N-dealkylation sites (tertiary alicyclic amines) is 1. The molecule has 0 atom stereocenters. The lowest BCUT2D eigenvalue weighted by atomic mass is 10.1. The van der Waals surface area contributed by atoms with E-state index in [1.807, 2.05) is 24.0 Å². The molecular weight excluding hydrogens is 348 g/mol. The van der Waals surface area contributed by atoms with Crippen molar-refractivity contribution in [2.45, 2.75) is 32.6 Å². The van der Waals surface area contributed by atoms with Gasteiger partial charge >= 0.3 is 0 Å². The van der Waals surface area contributed by atoms with E-state index in [1.165, 1.54) is 12.8 Å². The lowest BCUT2D eigenvalue weighted by Gasteiger charge is -2.20. The summed E-state index contributed by atoms with van der Waals surface area (Å²) in [6.45, 7) is 3.49. The van der Waals surface area contributed by atoms with Gasteiger partial charge in [-0.15, -0.1) is 0 Å². The van der Waals surface area contributed by atoms with Gasteiger partial charge in [0.05, 0.1) is 0 Å². The molecule has 1 fully saturated rings. The lowest BCUT2D eigenvalue weighted by Crippen LogP contribution is -2.32. The summed E-state index contributed by atoms with van der Waals surface area (Å²) < 4.78 is 0. The van der Waals surface area contributed by atoms with Crippen LogP contribution in [-0.2, 0) is 0 Å². The summed E-state index contributed by atoms with van der Waals surface area (Å²) in [6, 6.07) is 12.3. The molecule has 0 aromatic heterocycles. The first-order valence-electron chi connectivity index (χ1n) is 9.01. The van der Waals surface area contributed by atoms with Crippen LogP contribution in [0.1, 0.15) is 52.0 Å². The maximum Gasteiger partial charge on any atom is 0.255 e. The quantitative estimate of drug-likeness (QED) is 0.833. The molecule has 1 N–H and O–H groups in total. The Balaban J connectivity index is 1.74. The van der Waals surface area contributed by atoms with Gasteiger partial charge in [-0.25, -0.2) is 0 Å². The Kier molecular flexibility index (Phi) is 5.94. The molecule has 0 aliphatic carbocycles. The van der Waals surface area contributed by atoms with Gasteiger partial charge in [0.25, 0.3) is 11.8 Å². The van der Waals surface area contributed by atoms with Crippen molar-refractivity contribution in [2.24, 2.45) is 0 Å². The summed E-state index contributed by atoms with van der Waals surface area (Å²) in [5, 5.41) is 3.44. The van der Waals surface area contributed by atoms with Crippen LogP contribution in [0.4, 0.5) is 5.69 Å². The average Bonchev–Trinajstić information content (AvgIpc) is 2.93.